The molecule has 1 amide bonds. The van der Waals surface area contributed by atoms with Crippen molar-refractivity contribution < 1.29 is 9.18 Å². The molecule has 3 aromatic rings. The zero-order valence-electron chi connectivity index (χ0n) is 14.8. The summed E-state index contributed by atoms with van der Waals surface area (Å²) in [6.07, 6.45) is 7.91. The first-order valence-electron chi connectivity index (χ1n) is 8.75. The molecular formula is C18H18FN7O. The standard InChI is InChI=1S/C18H18FN7O/c1-2-25-8-13(7-21-25)12-3-4-15-23-16(17(19)26(15)9-12)18(27)22-14-5-6-24(10-14)11-20/h3-4,7-9,14H,2,5-6,10H2,1H3,(H,22,27). The van der Waals surface area contributed by atoms with Gasteiger partial charge < -0.3 is 10.2 Å². The molecule has 1 aliphatic rings. The third kappa shape index (κ3) is 3.10. The molecule has 4 heterocycles. The van der Waals surface area contributed by atoms with E-state index in [0.717, 1.165) is 17.7 Å². The number of aromatic nitrogens is 4. The van der Waals surface area contributed by atoms with Gasteiger partial charge in [0.05, 0.1) is 6.20 Å². The molecule has 0 spiro atoms. The van der Waals surface area contributed by atoms with E-state index in [9.17, 15) is 9.18 Å². The van der Waals surface area contributed by atoms with Crippen LogP contribution in [0.3, 0.4) is 0 Å². The Morgan fingerprint density at radius 1 is 1.41 bits per heavy atom. The monoisotopic (exact) mass is 367 g/mol. The maximum Gasteiger partial charge on any atom is 0.274 e. The predicted octanol–water partition coefficient (Wildman–Crippen LogP) is 1.64. The summed E-state index contributed by atoms with van der Waals surface area (Å²) in [4.78, 5) is 18.1. The summed E-state index contributed by atoms with van der Waals surface area (Å²) in [5.41, 5.74) is 1.76. The second-order valence-electron chi connectivity index (χ2n) is 6.49. The van der Waals surface area contributed by atoms with Crippen molar-refractivity contribution in [1.82, 2.24) is 29.4 Å². The molecule has 1 atom stereocenters. The molecule has 8 nitrogen and oxygen atoms in total. The molecule has 9 heteroatoms. The minimum Gasteiger partial charge on any atom is -0.346 e. The van der Waals surface area contributed by atoms with Gasteiger partial charge in [-0.15, -0.1) is 0 Å². The molecule has 1 saturated heterocycles. The van der Waals surface area contributed by atoms with Gasteiger partial charge >= 0.3 is 0 Å². The number of fused-ring (bicyclic) bond motifs is 1. The van der Waals surface area contributed by atoms with Crippen LogP contribution in [0.25, 0.3) is 16.8 Å². The first kappa shape index (κ1) is 17.0. The van der Waals surface area contributed by atoms with E-state index in [4.69, 9.17) is 5.26 Å². The van der Waals surface area contributed by atoms with Gasteiger partial charge in [0.2, 0.25) is 5.95 Å². The van der Waals surface area contributed by atoms with Crippen LogP contribution in [0, 0.1) is 17.4 Å². The van der Waals surface area contributed by atoms with Gasteiger partial charge in [-0.25, -0.2) is 4.98 Å². The number of likely N-dealkylation sites (tertiary alicyclic amines) is 1. The molecule has 0 bridgehead atoms. The van der Waals surface area contributed by atoms with E-state index >= 15 is 0 Å². The molecule has 27 heavy (non-hydrogen) atoms. The van der Waals surface area contributed by atoms with Crippen LogP contribution in [-0.2, 0) is 6.54 Å². The third-order valence-corrected chi connectivity index (χ3v) is 4.73. The quantitative estimate of drug-likeness (QED) is 0.708. The molecule has 4 rings (SSSR count). The van der Waals surface area contributed by atoms with Crippen molar-refractivity contribution in [1.29, 1.82) is 5.26 Å². The van der Waals surface area contributed by atoms with E-state index in [2.05, 4.69) is 15.4 Å². The second kappa shape index (κ2) is 6.72. The molecule has 1 fully saturated rings. The number of nitrogens with one attached hydrogen (secondary N) is 1. The lowest BCUT2D eigenvalue weighted by molar-refractivity contribution is 0.0929. The van der Waals surface area contributed by atoms with Crippen molar-refractivity contribution in [3.05, 3.63) is 42.4 Å². The van der Waals surface area contributed by atoms with E-state index in [1.54, 1.807) is 28.0 Å². The number of carbonyl (C=O) groups is 1. The molecule has 0 aliphatic carbocycles. The minimum atomic E-state index is -0.706. The number of hydrogen-bond acceptors (Lipinski definition) is 5. The van der Waals surface area contributed by atoms with Crippen LogP contribution in [0.15, 0.2) is 30.7 Å². The molecular weight excluding hydrogens is 349 g/mol. The zero-order chi connectivity index (χ0) is 19.0. The van der Waals surface area contributed by atoms with Crippen LogP contribution >= 0.6 is 0 Å². The molecule has 0 radical (unpaired) electrons. The Kier molecular flexibility index (Phi) is 4.24. The van der Waals surface area contributed by atoms with Crippen molar-refractivity contribution in [3.63, 3.8) is 0 Å². The van der Waals surface area contributed by atoms with E-state index in [1.165, 1.54) is 4.40 Å². The Labute approximate surface area is 154 Å². The van der Waals surface area contributed by atoms with Gasteiger partial charge in [-0.05, 0) is 25.5 Å². The fraction of sp³-hybridized carbons (Fsp3) is 0.333. The number of amides is 1. The first-order chi connectivity index (χ1) is 13.1. The predicted molar refractivity (Wildman–Crippen MR) is 95.1 cm³/mol. The Morgan fingerprint density at radius 2 is 2.26 bits per heavy atom. The Morgan fingerprint density at radius 3 is 2.96 bits per heavy atom. The van der Waals surface area contributed by atoms with E-state index in [-0.39, 0.29) is 11.7 Å². The third-order valence-electron chi connectivity index (χ3n) is 4.73. The van der Waals surface area contributed by atoms with E-state index < -0.39 is 11.9 Å². The highest BCUT2D eigenvalue weighted by Gasteiger charge is 2.26. The number of carbonyl (C=O) groups excluding carboxylic acids is 1. The van der Waals surface area contributed by atoms with Crippen molar-refractivity contribution in [2.24, 2.45) is 0 Å². The van der Waals surface area contributed by atoms with Gasteiger partial charge in [0, 0.05) is 49.2 Å². The summed E-state index contributed by atoms with van der Waals surface area (Å²) in [6, 6.07) is 3.31. The summed E-state index contributed by atoms with van der Waals surface area (Å²) in [6.45, 7) is 3.75. The summed E-state index contributed by atoms with van der Waals surface area (Å²) in [5, 5.41) is 15.9. The lowest BCUT2D eigenvalue weighted by Crippen LogP contribution is -2.37. The molecule has 3 aromatic heterocycles. The molecule has 1 N–H and O–H groups in total. The summed E-state index contributed by atoms with van der Waals surface area (Å²) in [7, 11) is 0. The average molecular weight is 367 g/mol. The van der Waals surface area contributed by atoms with Crippen molar-refractivity contribution in [3.8, 4) is 17.3 Å². The number of aryl methyl sites for hydroxylation is 1. The van der Waals surface area contributed by atoms with E-state index in [0.29, 0.717) is 25.2 Å². The number of hydrogen-bond donors (Lipinski definition) is 1. The van der Waals surface area contributed by atoms with Gasteiger partial charge in [0.1, 0.15) is 5.65 Å². The molecule has 138 valence electrons. The largest absolute Gasteiger partial charge is 0.346 e. The summed E-state index contributed by atoms with van der Waals surface area (Å²) < 4.78 is 17.9. The topological polar surface area (TPSA) is 91.2 Å². The van der Waals surface area contributed by atoms with Crippen LogP contribution in [0.5, 0.6) is 0 Å². The number of imidazole rings is 1. The van der Waals surface area contributed by atoms with Crippen molar-refractivity contribution in [2.75, 3.05) is 13.1 Å². The van der Waals surface area contributed by atoms with Gasteiger partial charge in [0.25, 0.3) is 5.91 Å². The van der Waals surface area contributed by atoms with E-state index in [1.807, 2.05) is 25.4 Å². The maximum atomic E-state index is 14.8. The average Bonchev–Trinajstić information content (AvgIpc) is 3.40. The van der Waals surface area contributed by atoms with Gasteiger partial charge in [-0.3, -0.25) is 13.9 Å². The normalized spacial score (nSPS) is 16.6. The van der Waals surface area contributed by atoms with Crippen LogP contribution in [0.4, 0.5) is 4.39 Å². The minimum absolute atomic E-state index is 0.184. The fourth-order valence-corrected chi connectivity index (χ4v) is 3.24. The van der Waals surface area contributed by atoms with Crippen molar-refractivity contribution in [2.45, 2.75) is 25.9 Å². The zero-order valence-corrected chi connectivity index (χ0v) is 14.8. The summed E-state index contributed by atoms with van der Waals surface area (Å²) >= 11 is 0. The molecule has 1 unspecified atom stereocenters. The Hall–Kier alpha value is -3.41. The number of pyridine rings is 1. The molecule has 0 saturated carbocycles. The van der Waals surface area contributed by atoms with Gasteiger partial charge in [-0.1, -0.05) is 0 Å². The number of nitriles is 1. The van der Waals surface area contributed by atoms with Crippen molar-refractivity contribution >= 4 is 11.6 Å². The Balaban J connectivity index is 1.60. The fourth-order valence-electron chi connectivity index (χ4n) is 3.24. The molecule has 0 aromatic carbocycles. The van der Waals surface area contributed by atoms with Crippen LogP contribution in [0.2, 0.25) is 0 Å². The Bertz CT molecular complexity index is 1050. The number of rotatable bonds is 4. The highest BCUT2D eigenvalue weighted by molar-refractivity contribution is 5.93. The number of nitrogens with zero attached hydrogens (tertiary/aromatic N) is 6. The highest BCUT2D eigenvalue weighted by Crippen LogP contribution is 2.21. The first-order valence-corrected chi connectivity index (χ1v) is 8.75. The second-order valence-corrected chi connectivity index (χ2v) is 6.49. The van der Waals surface area contributed by atoms with Crippen LogP contribution in [-0.4, -0.2) is 49.1 Å². The van der Waals surface area contributed by atoms with Gasteiger partial charge in [-0.2, -0.15) is 14.8 Å². The van der Waals surface area contributed by atoms with Crippen LogP contribution < -0.4 is 5.32 Å². The number of halogens is 1. The smallest absolute Gasteiger partial charge is 0.274 e. The maximum absolute atomic E-state index is 14.8. The van der Waals surface area contributed by atoms with Gasteiger partial charge in [0.15, 0.2) is 11.9 Å². The lowest BCUT2D eigenvalue weighted by atomic mass is 10.2. The molecule has 1 aliphatic heterocycles. The highest BCUT2D eigenvalue weighted by atomic mass is 19.1. The van der Waals surface area contributed by atoms with Crippen LogP contribution in [0.1, 0.15) is 23.8 Å². The lowest BCUT2D eigenvalue weighted by Gasteiger charge is -2.10. The SMILES string of the molecule is CCn1cc(-c2ccc3nc(C(=O)NC4CCN(C#N)C4)c(F)n3c2)cn1. The summed E-state index contributed by atoms with van der Waals surface area (Å²) in [5.74, 6) is -1.27.